The molecule has 0 bridgehead atoms. The van der Waals surface area contributed by atoms with Crippen molar-refractivity contribution in [3.8, 4) is 11.8 Å². The molecule has 0 aliphatic carbocycles. The molecule has 4 heteroatoms. The van der Waals surface area contributed by atoms with Gasteiger partial charge in [0.25, 0.3) is 0 Å². The fourth-order valence-electron chi connectivity index (χ4n) is 1.50. The highest BCUT2D eigenvalue weighted by Crippen LogP contribution is 2.30. The van der Waals surface area contributed by atoms with Crippen molar-refractivity contribution in [1.29, 1.82) is 0 Å². The SMILES string of the molecule is Nc1ccc(C(F)(F)F)cc1C#Cc1ccccc1. The normalized spacial score (nSPS) is 10.7. The van der Waals surface area contributed by atoms with E-state index in [0.29, 0.717) is 0 Å². The Kier molecular flexibility index (Phi) is 3.48. The topological polar surface area (TPSA) is 26.0 Å². The minimum absolute atomic E-state index is 0.179. The standard InChI is InChI=1S/C15H10F3N/c16-15(17,18)13-8-9-14(19)12(10-13)7-6-11-4-2-1-3-5-11/h1-5,8-10H,19H2. The Bertz CT molecular complexity index is 634. The number of rotatable bonds is 0. The summed E-state index contributed by atoms with van der Waals surface area (Å²) in [4.78, 5) is 0. The second kappa shape index (κ2) is 5.07. The third kappa shape index (κ3) is 3.29. The fraction of sp³-hybridized carbons (Fsp3) is 0.0667. The van der Waals surface area contributed by atoms with Crippen LogP contribution >= 0.6 is 0 Å². The molecule has 0 unspecified atom stereocenters. The lowest BCUT2D eigenvalue weighted by molar-refractivity contribution is -0.137. The monoisotopic (exact) mass is 261 g/mol. The van der Waals surface area contributed by atoms with Gasteiger partial charge >= 0.3 is 6.18 Å². The van der Waals surface area contributed by atoms with Crippen LogP contribution < -0.4 is 5.73 Å². The molecule has 2 aromatic rings. The van der Waals surface area contributed by atoms with Gasteiger partial charge in [0.1, 0.15) is 0 Å². The molecular weight excluding hydrogens is 251 g/mol. The Labute approximate surface area is 108 Å². The maximum Gasteiger partial charge on any atom is 0.416 e. The number of hydrogen-bond donors (Lipinski definition) is 1. The van der Waals surface area contributed by atoms with Crippen LogP contribution in [0.4, 0.5) is 18.9 Å². The molecule has 1 nitrogen and oxygen atoms in total. The summed E-state index contributed by atoms with van der Waals surface area (Å²) in [6.07, 6.45) is -4.39. The predicted molar refractivity (Wildman–Crippen MR) is 68.3 cm³/mol. The summed E-state index contributed by atoms with van der Waals surface area (Å²) in [6, 6.07) is 12.1. The summed E-state index contributed by atoms with van der Waals surface area (Å²) in [5.74, 6) is 5.45. The van der Waals surface area contributed by atoms with E-state index in [2.05, 4.69) is 11.8 Å². The van der Waals surface area contributed by atoms with Crippen LogP contribution in [-0.2, 0) is 6.18 Å². The molecule has 0 radical (unpaired) electrons. The van der Waals surface area contributed by atoms with Crippen LogP contribution in [0.25, 0.3) is 0 Å². The van der Waals surface area contributed by atoms with E-state index < -0.39 is 11.7 Å². The van der Waals surface area contributed by atoms with Crippen molar-refractivity contribution in [2.24, 2.45) is 0 Å². The van der Waals surface area contributed by atoms with E-state index in [1.54, 1.807) is 24.3 Å². The second-order valence-corrected chi connectivity index (χ2v) is 3.92. The van der Waals surface area contributed by atoms with Gasteiger partial charge in [0.15, 0.2) is 0 Å². The van der Waals surface area contributed by atoms with Crippen LogP contribution in [-0.4, -0.2) is 0 Å². The first-order valence-corrected chi connectivity index (χ1v) is 5.50. The molecule has 2 aromatic carbocycles. The van der Waals surface area contributed by atoms with Crippen molar-refractivity contribution < 1.29 is 13.2 Å². The molecule has 96 valence electrons. The van der Waals surface area contributed by atoms with Crippen LogP contribution in [0.3, 0.4) is 0 Å². The van der Waals surface area contributed by atoms with Crippen LogP contribution in [0.2, 0.25) is 0 Å². The molecule has 2 rings (SSSR count). The fourth-order valence-corrected chi connectivity index (χ4v) is 1.50. The van der Waals surface area contributed by atoms with Crippen molar-refractivity contribution in [2.75, 3.05) is 5.73 Å². The summed E-state index contributed by atoms with van der Waals surface area (Å²) in [6.45, 7) is 0. The quantitative estimate of drug-likeness (QED) is 0.568. The Morgan fingerprint density at radius 1 is 0.895 bits per heavy atom. The molecule has 19 heavy (non-hydrogen) atoms. The number of alkyl halides is 3. The van der Waals surface area contributed by atoms with Gasteiger partial charge in [-0.1, -0.05) is 30.0 Å². The van der Waals surface area contributed by atoms with Crippen molar-refractivity contribution in [1.82, 2.24) is 0 Å². The number of anilines is 1. The maximum atomic E-state index is 12.6. The molecule has 0 spiro atoms. The first-order valence-electron chi connectivity index (χ1n) is 5.50. The first kappa shape index (κ1) is 13.0. The lowest BCUT2D eigenvalue weighted by atomic mass is 10.1. The number of nitrogen functional groups attached to an aromatic ring is 1. The van der Waals surface area contributed by atoms with Crippen molar-refractivity contribution in [3.63, 3.8) is 0 Å². The van der Waals surface area contributed by atoms with Crippen molar-refractivity contribution >= 4 is 5.69 Å². The Balaban J connectivity index is 2.38. The summed E-state index contributed by atoms with van der Waals surface area (Å²) in [5, 5.41) is 0. The van der Waals surface area contributed by atoms with Gasteiger partial charge in [-0.3, -0.25) is 0 Å². The van der Waals surface area contributed by atoms with E-state index in [1.165, 1.54) is 6.07 Å². The summed E-state index contributed by atoms with van der Waals surface area (Å²) < 4.78 is 37.7. The number of hydrogen-bond acceptors (Lipinski definition) is 1. The smallest absolute Gasteiger partial charge is 0.398 e. The summed E-state index contributed by atoms with van der Waals surface area (Å²) in [5.41, 5.74) is 6.01. The van der Waals surface area contributed by atoms with E-state index in [0.717, 1.165) is 17.7 Å². The van der Waals surface area contributed by atoms with E-state index in [-0.39, 0.29) is 11.3 Å². The van der Waals surface area contributed by atoms with Gasteiger partial charge in [0.2, 0.25) is 0 Å². The van der Waals surface area contributed by atoms with Crippen molar-refractivity contribution in [2.45, 2.75) is 6.18 Å². The maximum absolute atomic E-state index is 12.6. The lowest BCUT2D eigenvalue weighted by Crippen LogP contribution is -2.05. The van der Waals surface area contributed by atoms with Gasteiger partial charge < -0.3 is 5.73 Å². The summed E-state index contributed by atoms with van der Waals surface area (Å²) in [7, 11) is 0. The van der Waals surface area contributed by atoms with Crippen molar-refractivity contribution in [3.05, 3.63) is 65.2 Å². The lowest BCUT2D eigenvalue weighted by Gasteiger charge is -2.07. The van der Waals surface area contributed by atoms with Gasteiger partial charge in [-0.25, -0.2) is 0 Å². The highest BCUT2D eigenvalue weighted by atomic mass is 19.4. The Hall–Kier alpha value is -2.41. The number of benzene rings is 2. The van der Waals surface area contributed by atoms with Crippen LogP contribution in [0.1, 0.15) is 16.7 Å². The minimum atomic E-state index is -4.39. The van der Waals surface area contributed by atoms with Crippen LogP contribution in [0.5, 0.6) is 0 Å². The average molecular weight is 261 g/mol. The first-order chi connectivity index (χ1) is 8.97. The van der Waals surface area contributed by atoms with Gasteiger partial charge in [0, 0.05) is 16.8 Å². The Morgan fingerprint density at radius 3 is 2.21 bits per heavy atom. The van der Waals surface area contributed by atoms with E-state index in [4.69, 9.17) is 5.73 Å². The molecule has 0 amide bonds. The zero-order chi connectivity index (χ0) is 13.9. The number of halogens is 3. The third-order valence-electron chi connectivity index (χ3n) is 2.50. The third-order valence-corrected chi connectivity index (χ3v) is 2.50. The largest absolute Gasteiger partial charge is 0.416 e. The minimum Gasteiger partial charge on any atom is -0.398 e. The highest BCUT2D eigenvalue weighted by Gasteiger charge is 2.30. The molecule has 0 heterocycles. The summed E-state index contributed by atoms with van der Waals surface area (Å²) >= 11 is 0. The molecule has 0 aromatic heterocycles. The zero-order valence-corrected chi connectivity index (χ0v) is 9.83. The number of nitrogens with two attached hydrogens (primary N) is 1. The van der Waals surface area contributed by atoms with Gasteiger partial charge in [-0.15, -0.1) is 0 Å². The molecule has 0 saturated heterocycles. The van der Waals surface area contributed by atoms with Crippen LogP contribution in [0.15, 0.2) is 48.5 Å². The molecule has 0 saturated carbocycles. The molecule has 0 atom stereocenters. The van der Waals surface area contributed by atoms with E-state index in [1.807, 2.05) is 6.07 Å². The predicted octanol–water partition coefficient (Wildman–Crippen LogP) is 3.69. The second-order valence-electron chi connectivity index (χ2n) is 3.92. The molecule has 0 aliphatic heterocycles. The average Bonchev–Trinajstić information content (AvgIpc) is 2.37. The molecule has 0 aliphatic rings. The van der Waals surface area contributed by atoms with E-state index in [9.17, 15) is 13.2 Å². The highest BCUT2D eigenvalue weighted by molar-refractivity contribution is 5.59. The van der Waals surface area contributed by atoms with E-state index >= 15 is 0 Å². The van der Waals surface area contributed by atoms with Gasteiger partial charge in [-0.2, -0.15) is 13.2 Å². The van der Waals surface area contributed by atoms with Gasteiger partial charge in [-0.05, 0) is 30.3 Å². The van der Waals surface area contributed by atoms with Gasteiger partial charge in [0.05, 0.1) is 5.56 Å². The molecule has 2 N–H and O–H groups in total. The molecular formula is C15H10F3N. The Morgan fingerprint density at radius 2 is 1.58 bits per heavy atom. The van der Waals surface area contributed by atoms with Crippen LogP contribution in [0, 0.1) is 11.8 Å². The zero-order valence-electron chi connectivity index (χ0n) is 9.83. The molecule has 0 fully saturated rings.